The fourth-order valence-corrected chi connectivity index (χ4v) is 10.5. The van der Waals surface area contributed by atoms with Gasteiger partial charge < -0.3 is 14.2 Å². The molecule has 0 aromatic heterocycles. The van der Waals surface area contributed by atoms with Crippen molar-refractivity contribution in [2.24, 2.45) is 0 Å². The van der Waals surface area contributed by atoms with E-state index in [9.17, 15) is 14.4 Å². The summed E-state index contributed by atoms with van der Waals surface area (Å²) in [6.07, 6.45) is 94.7. The standard InChI is InChI=1S/C77H136O6/c1-4-7-10-13-16-19-22-25-28-31-33-34-35-36-37-38-39-40-41-42-44-46-49-52-55-58-61-64-67-70-76(79)82-73-74(72-81-75(78)69-66-63-60-57-54-51-48-45-30-27-24-21-18-15-12-9-6-3)83-77(80)71-68-65-62-59-56-53-50-47-43-32-29-26-23-20-17-14-11-8-5-2/h8,11,17,20,22,25-27,29-31,33,43,47,74H,4-7,9-10,12-16,18-19,21,23-24,28,32,34-42,44-46,48-73H2,1-3H3/b11-8-,20-17-,25-22-,29-26-,30-27-,33-31-,47-43-. The van der Waals surface area contributed by atoms with Crippen molar-refractivity contribution in [3.8, 4) is 0 Å². The van der Waals surface area contributed by atoms with Crippen molar-refractivity contribution < 1.29 is 28.6 Å². The second-order valence-corrected chi connectivity index (χ2v) is 24.1. The van der Waals surface area contributed by atoms with Crippen LogP contribution in [0.3, 0.4) is 0 Å². The van der Waals surface area contributed by atoms with Crippen molar-refractivity contribution in [3.63, 3.8) is 0 Å². The smallest absolute Gasteiger partial charge is 0.306 e. The van der Waals surface area contributed by atoms with Crippen LogP contribution in [-0.4, -0.2) is 37.2 Å². The van der Waals surface area contributed by atoms with Crippen LogP contribution in [0.1, 0.15) is 367 Å². The minimum atomic E-state index is -0.788. The van der Waals surface area contributed by atoms with Gasteiger partial charge in [-0.15, -0.1) is 0 Å². The Labute approximate surface area is 515 Å². The Bertz CT molecular complexity index is 1570. The van der Waals surface area contributed by atoms with Crippen LogP contribution in [0.4, 0.5) is 0 Å². The zero-order chi connectivity index (χ0) is 59.9. The molecule has 480 valence electrons. The number of unbranched alkanes of at least 4 members (excludes halogenated alkanes) is 41. The van der Waals surface area contributed by atoms with E-state index in [-0.39, 0.29) is 31.1 Å². The van der Waals surface area contributed by atoms with E-state index in [0.29, 0.717) is 19.3 Å². The monoisotopic (exact) mass is 1160 g/mol. The molecule has 0 aliphatic heterocycles. The fraction of sp³-hybridized carbons (Fsp3) is 0.779. The molecule has 0 spiro atoms. The number of ether oxygens (including phenoxy) is 3. The van der Waals surface area contributed by atoms with Gasteiger partial charge in [0.05, 0.1) is 0 Å². The normalized spacial score (nSPS) is 12.6. The molecule has 0 aliphatic carbocycles. The molecule has 0 rings (SSSR count). The Balaban J connectivity index is 4.29. The summed E-state index contributed by atoms with van der Waals surface area (Å²) in [5.74, 6) is -0.880. The minimum Gasteiger partial charge on any atom is -0.462 e. The number of hydrogen-bond acceptors (Lipinski definition) is 6. The summed E-state index contributed by atoms with van der Waals surface area (Å²) < 4.78 is 17.0. The van der Waals surface area contributed by atoms with E-state index < -0.39 is 6.10 Å². The molecule has 0 fully saturated rings. The van der Waals surface area contributed by atoms with Gasteiger partial charge in [0.2, 0.25) is 0 Å². The number of esters is 3. The van der Waals surface area contributed by atoms with E-state index in [1.54, 1.807) is 0 Å². The Kier molecular flexibility index (Phi) is 68.2. The van der Waals surface area contributed by atoms with Crippen molar-refractivity contribution in [3.05, 3.63) is 85.1 Å². The molecule has 0 amide bonds. The maximum Gasteiger partial charge on any atom is 0.306 e. The van der Waals surface area contributed by atoms with Crippen LogP contribution in [-0.2, 0) is 28.6 Å². The zero-order valence-electron chi connectivity index (χ0n) is 55.2. The molecule has 0 saturated heterocycles. The van der Waals surface area contributed by atoms with Crippen LogP contribution in [0.5, 0.6) is 0 Å². The Hall–Kier alpha value is -3.41. The van der Waals surface area contributed by atoms with Crippen LogP contribution < -0.4 is 0 Å². The molecule has 83 heavy (non-hydrogen) atoms. The minimum absolute atomic E-state index is 0.0810. The summed E-state index contributed by atoms with van der Waals surface area (Å²) in [5, 5.41) is 0. The molecule has 0 saturated carbocycles. The first-order valence-corrected chi connectivity index (χ1v) is 36.1. The predicted molar refractivity (Wildman–Crippen MR) is 362 cm³/mol. The highest BCUT2D eigenvalue weighted by molar-refractivity contribution is 5.71. The quantitative estimate of drug-likeness (QED) is 0.0261. The maximum atomic E-state index is 13.0. The third kappa shape index (κ3) is 69.3. The maximum absolute atomic E-state index is 13.0. The van der Waals surface area contributed by atoms with Gasteiger partial charge in [-0.3, -0.25) is 14.4 Å². The number of hydrogen-bond donors (Lipinski definition) is 0. The molecule has 0 aromatic rings. The van der Waals surface area contributed by atoms with E-state index in [0.717, 1.165) is 103 Å². The van der Waals surface area contributed by atoms with Crippen LogP contribution in [0.2, 0.25) is 0 Å². The van der Waals surface area contributed by atoms with Crippen LogP contribution >= 0.6 is 0 Å². The molecule has 6 nitrogen and oxygen atoms in total. The second-order valence-electron chi connectivity index (χ2n) is 24.1. The van der Waals surface area contributed by atoms with Gasteiger partial charge in [0, 0.05) is 19.3 Å². The predicted octanol–water partition coefficient (Wildman–Crippen LogP) is 25.0. The lowest BCUT2D eigenvalue weighted by atomic mass is 10.0. The van der Waals surface area contributed by atoms with Gasteiger partial charge >= 0.3 is 17.9 Å². The molecule has 0 heterocycles. The van der Waals surface area contributed by atoms with Crippen molar-refractivity contribution in [2.45, 2.75) is 374 Å². The summed E-state index contributed by atoms with van der Waals surface area (Å²) >= 11 is 0. The van der Waals surface area contributed by atoms with E-state index in [2.05, 4.69) is 106 Å². The number of carbonyl (C=O) groups is 3. The molecule has 0 bridgehead atoms. The second kappa shape index (κ2) is 71.1. The highest BCUT2D eigenvalue weighted by Gasteiger charge is 2.19. The highest BCUT2D eigenvalue weighted by atomic mass is 16.6. The third-order valence-corrected chi connectivity index (χ3v) is 15.9. The van der Waals surface area contributed by atoms with Crippen LogP contribution in [0, 0.1) is 0 Å². The van der Waals surface area contributed by atoms with Crippen LogP contribution in [0.15, 0.2) is 85.1 Å². The van der Waals surface area contributed by atoms with E-state index in [1.807, 2.05) is 0 Å². The number of rotatable bonds is 66. The molecular formula is C77H136O6. The van der Waals surface area contributed by atoms with E-state index in [1.165, 1.54) is 225 Å². The third-order valence-electron chi connectivity index (χ3n) is 15.9. The average molecular weight is 1160 g/mol. The van der Waals surface area contributed by atoms with Gasteiger partial charge in [0.25, 0.3) is 0 Å². The van der Waals surface area contributed by atoms with Crippen LogP contribution in [0.25, 0.3) is 0 Å². The summed E-state index contributed by atoms with van der Waals surface area (Å²) in [4.78, 5) is 38.5. The topological polar surface area (TPSA) is 78.9 Å². The Morgan fingerprint density at radius 1 is 0.253 bits per heavy atom. The van der Waals surface area contributed by atoms with Gasteiger partial charge in [0.15, 0.2) is 6.10 Å². The lowest BCUT2D eigenvalue weighted by Gasteiger charge is -2.18. The van der Waals surface area contributed by atoms with E-state index in [4.69, 9.17) is 14.2 Å². The Morgan fingerprint density at radius 2 is 0.470 bits per heavy atom. The van der Waals surface area contributed by atoms with Crippen molar-refractivity contribution >= 4 is 17.9 Å². The first-order valence-electron chi connectivity index (χ1n) is 36.1. The highest BCUT2D eigenvalue weighted by Crippen LogP contribution is 2.17. The summed E-state index contributed by atoms with van der Waals surface area (Å²) in [5.41, 5.74) is 0. The first-order chi connectivity index (χ1) is 41.0. The molecule has 0 aromatic carbocycles. The van der Waals surface area contributed by atoms with Gasteiger partial charge in [0.1, 0.15) is 13.2 Å². The molecule has 0 aliphatic rings. The van der Waals surface area contributed by atoms with Gasteiger partial charge in [-0.1, -0.05) is 318 Å². The summed E-state index contributed by atoms with van der Waals surface area (Å²) in [7, 11) is 0. The molecule has 0 N–H and O–H groups in total. The van der Waals surface area contributed by atoms with Gasteiger partial charge in [-0.25, -0.2) is 0 Å². The van der Waals surface area contributed by atoms with Gasteiger partial charge in [-0.05, 0) is 116 Å². The lowest BCUT2D eigenvalue weighted by molar-refractivity contribution is -0.167. The average Bonchev–Trinajstić information content (AvgIpc) is 3.49. The summed E-state index contributed by atoms with van der Waals surface area (Å²) in [6, 6.07) is 0. The first kappa shape index (κ1) is 79.6. The largest absolute Gasteiger partial charge is 0.462 e. The molecular weight excluding hydrogens is 1020 g/mol. The molecule has 1 unspecified atom stereocenters. The molecule has 6 heteroatoms. The molecule has 1 atom stereocenters. The lowest BCUT2D eigenvalue weighted by Crippen LogP contribution is -2.30. The van der Waals surface area contributed by atoms with Crippen molar-refractivity contribution in [1.82, 2.24) is 0 Å². The van der Waals surface area contributed by atoms with E-state index >= 15 is 0 Å². The SMILES string of the molecule is CC/C=C\C/C=C\C/C=C\C/C=C\CCCCCCCCC(=O)OC(COC(=O)CCCCCCCCC/C=C\CCCCCCCC)COC(=O)CCCCCCCCCCCCCCCCCCC/C=C\C/C=C\CCCCCCC. The van der Waals surface area contributed by atoms with Gasteiger partial charge in [-0.2, -0.15) is 0 Å². The number of carbonyl (C=O) groups excluding carboxylic acids is 3. The Morgan fingerprint density at radius 3 is 0.747 bits per heavy atom. The molecule has 0 radical (unpaired) electrons. The fourth-order valence-electron chi connectivity index (χ4n) is 10.5. The van der Waals surface area contributed by atoms with Crippen molar-refractivity contribution in [2.75, 3.05) is 13.2 Å². The van der Waals surface area contributed by atoms with Crippen molar-refractivity contribution in [1.29, 1.82) is 0 Å². The zero-order valence-corrected chi connectivity index (χ0v) is 55.2. The number of allylic oxidation sites excluding steroid dienone is 14. The summed E-state index contributed by atoms with van der Waals surface area (Å²) in [6.45, 7) is 6.55.